The highest BCUT2D eigenvalue weighted by molar-refractivity contribution is 5.73. The van der Waals surface area contributed by atoms with Crippen molar-refractivity contribution in [3.63, 3.8) is 0 Å². The molecule has 110 valence electrons. The van der Waals surface area contributed by atoms with Gasteiger partial charge in [-0.3, -0.25) is 9.69 Å². The van der Waals surface area contributed by atoms with Gasteiger partial charge in [0.25, 0.3) is 0 Å². The normalized spacial score (nSPS) is 19.0. The standard InChI is InChI=1S/C17H19NO3/c1-12-4-6-13(7-5-12)16-9-8-14(21-16)11-18-10-2-3-15(18)17(19)20/h4-9,15H,2-3,10-11H2,1H3,(H,19,20). The molecule has 2 aromatic rings. The third kappa shape index (κ3) is 3.00. The molecule has 4 nitrogen and oxygen atoms in total. The van der Waals surface area contributed by atoms with E-state index in [-0.39, 0.29) is 6.04 Å². The topological polar surface area (TPSA) is 53.7 Å². The smallest absolute Gasteiger partial charge is 0.320 e. The van der Waals surface area contributed by atoms with Gasteiger partial charge in [-0.05, 0) is 38.4 Å². The fourth-order valence-corrected chi connectivity index (χ4v) is 2.83. The molecule has 0 radical (unpaired) electrons. The maximum Gasteiger partial charge on any atom is 0.320 e. The van der Waals surface area contributed by atoms with Crippen LogP contribution in [0.25, 0.3) is 11.3 Å². The van der Waals surface area contributed by atoms with E-state index in [1.165, 1.54) is 5.56 Å². The van der Waals surface area contributed by atoms with Crippen molar-refractivity contribution < 1.29 is 14.3 Å². The number of carboxylic acid groups (broad SMARTS) is 1. The van der Waals surface area contributed by atoms with E-state index in [1.54, 1.807) is 0 Å². The molecule has 0 amide bonds. The van der Waals surface area contributed by atoms with E-state index < -0.39 is 5.97 Å². The summed E-state index contributed by atoms with van der Waals surface area (Å²) in [6.07, 6.45) is 1.66. The first-order valence-corrected chi connectivity index (χ1v) is 7.26. The van der Waals surface area contributed by atoms with Gasteiger partial charge in [0, 0.05) is 5.56 Å². The highest BCUT2D eigenvalue weighted by atomic mass is 16.4. The molecule has 1 aliphatic heterocycles. The van der Waals surface area contributed by atoms with Gasteiger partial charge in [-0.15, -0.1) is 0 Å². The Bertz CT molecular complexity index is 630. The first-order chi connectivity index (χ1) is 10.1. The van der Waals surface area contributed by atoms with Crippen LogP contribution in [0.1, 0.15) is 24.2 Å². The van der Waals surface area contributed by atoms with E-state index in [4.69, 9.17) is 4.42 Å². The lowest BCUT2D eigenvalue weighted by molar-refractivity contribution is -0.142. The Balaban J connectivity index is 1.73. The molecule has 3 rings (SSSR count). The van der Waals surface area contributed by atoms with Crippen molar-refractivity contribution in [3.05, 3.63) is 47.7 Å². The average molecular weight is 285 g/mol. The third-order valence-corrected chi connectivity index (χ3v) is 4.01. The molecule has 0 bridgehead atoms. The molecule has 1 atom stereocenters. The molecular weight excluding hydrogens is 266 g/mol. The molecule has 1 fully saturated rings. The number of carbonyl (C=O) groups is 1. The lowest BCUT2D eigenvalue weighted by Gasteiger charge is -2.19. The second-order valence-corrected chi connectivity index (χ2v) is 5.60. The highest BCUT2D eigenvalue weighted by Crippen LogP contribution is 2.25. The zero-order chi connectivity index (χ0) is 14.8. The van der Waals surface area contributed by atoms with E-state index in [1.807, 2.05) is 29.2 Å². The van der Waals surface area contributed by atoms with Crippen molar-refractivity contribution in [2.24, 2.45) is 0 Å². The van der Waals surface area contributed by atoms with Crippen LogP contribution in [0, 0.1) is 6.92 Å². The molecule has 1 aromatic carbocycles. The molecule has 2 heterocycles. The second kappa shape index (κ2) is 5.74. The quantitative estimate of drug-likeness (QED) is 0.936. The molecular formula is C17H19NO3. The summed E-state index contributed by atoms with van der Waals surface area (Å²) in [7, 11) is 0. The Morgan fingerprint density at radius 2 is 2.05 bits per heavy atom. The number of aryl methyl sites for hydroxylation is 1. The maximum atomic E-state index is 11.2. The van der Waals surface area contributed by atoms with Gasteiger partial charge in [-0.25, -0.2) is 0 Å². The van der Waals surface area contributed by atoms with E-state index >= 15 is 0 Å². The van der Waals surface area contributed by atoms with Gasteiger partial charge < -0.3 is 9.52 Å². The van der Waals surface area contributed by atoms with Crippen molar-refractivity contribution in [2.75, 3.05) is 6.54 Å². The van der Waals surface area contributed by atoms with Gasteiger partial charge in [-0.2, -0.15) is 0 Å². The largest absolute Gasteiger partial charge is 0.480 e. The lowest BCUT2D eigenvalue weighted by Crippen LogP contribution is -2.35. The van der Waals surface area contributed by atoms with Crippen LogP contribution in [-0.2, 0) is 11.3 Å². The Labute approximate surface area is 124 Å². The summed E-state index contributed by atoms with van der Waals surface area (Å²) >= 11 is 0. The number of benzene rings is 1. The van der Waals surface area contributed by atoms with Crippen LogP contribution in [0.5, 0.6) is 0 Å². The minimum Gasteiger partial charge on any atom is -0.480 e. The Kier molecular flexibility index (Phi) is 3.80. The van der Waals surface area contributed by atoms with Crippen LogP contribution >= 0.6 is 0 Å². The molecule has 0 saturated carbocycles. The number of hydrogen-bond acceptors (Lipinski definition) is 3. The molecule has 1 aromatic heterocycles. The molecule has 1 unspecified atom stereocenters. The van der Waals surface area contributed by atoms with Gasteiger partial charge in [0.15, 0.2) is 0 Å². The predicted molar refractivity (Wildman–Crippen MR) is 79.9 cm³/mol. The highest BCUT2D eigenvalue weighted by Gasteiger charge is 2.30. The summed E-state index contributed by atoms with van der Waals surface area (Å²) in [5.41, 5.74) is 2.26. The van der Waals surface area contributed by atoms with Gasteiger partial charge in [0.1, 0.15) is 17.6 Å². The molecule has 0 aliphatic carbocycles. The van der Waals surface area contributed by atoms with Crippen molar-refractivity contribution in [2.45, 2.75) is 32.4 Å². The third-order valence-electron chi connectivity index (χ3n) is 4.01. The number of hydrogen-bond donors (Lipinski definition) is 1. The lowest BCUT2D eigenvalue weighted by atomic mass is 10.1. The summed E-state index contributed by atoms with van der Waals surface area (Å²) in [4.78, 5) is 13.2. The summed E-state index contributed by atoms with van der Waals surface area (Å²) in [6, 6.07) is 11.7. The molecule has 1 aliphatic rings. The molecule has 0 spiro atoms. The Hall–Kier alpha value is -2.07. The predicted octanol–water partition coefficient (Wildman–Crippen LogP) is 3.30. The maximum absolute atomic E-state index is 11.2. The van der Waals surface area contributed by atoms with Crippen molar-refractivity contribution in [1.29, 1.82) is 0 Å². The molecule has 1 N–H and O–H groups in total. The Morgan fingerprint density at radius 1 is 1.29 bits per heavy atom. The number of aliphatic carboxylic acids is 1. The summed E-state index contributed by atoms with van der Waals surface area (Å²) < 4.78 is 5.86. The van der Waals surface area contributed by atoms with Gasteiger partial charge >= 0.3 is 5.97 Å². The van der Waals surface area contributed by atoms with Gasteiger partial charge in [0.05, 0.1) is 6.54 Å². The van der Waals surface area contributed by atoms with E-state index in [9.17, 15) is 9.90 Å². The number of nitrogens with zero attached hydrogens (tertiary/aromatic N) is 1. The second-order valence-electron chi connectivity index (χ2n) is 5.60. The molecule has 4 heteroatoms. The fourth-order valence-electron chi connectivity index (χ4n) is 2.83. The minimum atomic E-state index is -0.738. The first-order valence-electron chi connectivity index (χ1n) is 7.26. The summed E-state index contributed by atoms with van der Waals surface area (Å²) in [5, 5.41) is 9.20. The number of carboxylic acids is 1. The van der Waals surface area contributed by atoms with Crippen LogP contribution in [0.3, 0.4) is 0 Å². The van der Waals surface area contributed by atoms with Crippen molar-refractivity contribution >= 4 is 5.97 Å². The van der Waals surface area contributed by atoms with Gasteiger partial charge in [-0.1, -0.05) is 29.8 Å². The fraction of sp³-hybridized carbons (Fsp3) is 0.353. The minimum absolute atomic E-state index is 0.377. The van der Waals surface area contributed by atoms with Crippen LogP contribution < -0.4 is 0 Å². The van der Waals surface area contributed by atoms with Crippen molar-refractivity contribution in [3.8, 4) is 11.3 Å². The number of furan rings is 1. The summed E-state index contributed by atoms with van der Waals surface area (Å²) in [6.45, 7) is 3.43. The zero-order valence-electron chi connectivity index (χ0n) is 12.1. The van der Waals surface area contributed by atoms with E-state index in [0.29, 0.717) is 6.54 Å². The number of rotatable bonds is 4. The van der Waals surface area contributed by atoms with E-state index in [2.05, 4.69) is 19.1 Å². The monoisotopic (exact) mass is 285 g/mol. The molecule has 21 heavy (non-hydrogen) atoms. The van der Waals surface area contributed by atoms with Crippen LogP contribution in [-0.4, -0.2) is 28.6 Å². The average Bonchev–Trinajstić information content (AvgIpc) is 3.09. The van der Waals surface area contributed by atoms with Crippen LogP contribution in [0.15, 0.2) is 40.8 Å². The van der Waals surface area contributed by atoms with Crippen LogP contribution in [0.2, 0.25) is 0 Å². The Morgan fingerprint density at radius 3 is 2.76 bits per heavy atom. The SMILES string of the molecule is Cc1ccc(-c2ccc(CN3CCCC3C(=O)O)o2)cc1. The zero-order valence-corrected chi connectivity index (χ0v) is 12.1. The first kappa shape index (κ1) is 13.9. The summed E-state index contributed by atoms with van der Waals surface area (Å²) in [5.74, 6) is 0.910. The van der Waals surface area contributed by atoms with Crippen LogP contribution in [0.4, 0.5) is 0 Å². The number of likely N-dealkylation sites (tertiary alicyclic amines) is 1. The molecule has 1 saturated heterocycles. The van der Waals surface area contributed by atoms with E-state index in [0.717, 1.165) is 36.5 Å². The van der Waals surface area contributed by atoms with Gasteiger partial charge in [0.2, 0.25) is 0 Å². The van der Waals surface area contributed by atoms with Crippen molar-refractivity contribution in [1.82, 2.24) is 4.90 Å².